The molecule has 0 aliphatic carbocycles. The molecule has 2 aromatic rings. The van der Waals surface area contributed by atoms with Crippen LogP contribution in [0.1, 0.15) is 24.8 Å². The summed E-state index contributed by atoms with van der Waals surface area (Å²) >= 11 is 3.52. The van der Waals surface area contributed by atoms with Crippen LogP contribution in [0.5, 0.6) is 0 Å². The number of thioether (sulfide) groups is 1. The summed E-state index contributed by atoms with van der Waals surface area (Å²) < 4.78 is 6.31. The molecule has 148 valence electrons. The van der Waals surface area contributed by atoms with Crippen molar-refractivity contribution in [3.8, 4) is 0 Å². The standard InChI is InChI=1S/C18H28N6OS2/c1-3-19-17(20-5-4-11-26-18-21-6-12-27-18)24-9-7-23(8-10-24)14-16-13-15(2)25-22-16/h6,12-13H,3-5,7-11,14H2,1-2H3,(H,19,20). The summed E-state index contributed by atoms with van der Waals surface area (Å²) in [7, 11) is 0. The van der Waals surface area contributed by atoms with E-state index in [0.29, 0.717) is 0 Å². The fourth-order valence-electron chi connectivity index (χ4n) is 2.96. The molecule has 3 rings (SSSR count). The number of aliphatic imine (C=N–C) groups is 1. The Hall–Kier alpha value is -1.58. The maximum atomic E-state index is 5.16. The van der Waals surface area contributed by atoms with Gasteiger partial charge in [0.2, 0.25) is 0 Å². The largest absolute Gasteiger partial charge is 0.361 e. The van der Waals surface area contributed by atoms with Crippen molar-refractivity contribution in [3.63, 3.8) is 0 Å². The molecule has 9 heteroatoms. The van der Waals surface area contributed by atoms with Gasteiger partial charge in [-0.15, -0.1) is 11.3 Å². The van der Waals surface area contributed by atoms with Crippen molar-refractivity contribution in [2.75, 3.05) is 45.0 Å². The Morgan fingerprint density at radius 1 is 1.37 bits per heavy atom. The monoisotopic (exact) mass is 408 g/mol. The minimum absolute atomic E-state index is 0.846. The van der Waals surface area contributed by atoms with E-state index < -0.39 is 0 Å². The number of guanidine groups is 1. The predicted octanol–water partition coefficient (Wildman–Crippen LogP) is 2.71. The van der Waals surface area contributed by atoms with E-state index in [-0.39, 0.29) is 0 Å². The first-order valence-electron chi connectivity index (χ1n) is 9.44. The summed E-state index contributed by atoms with van der Waals surface area (Å²) in [4.78, 5) is 13.9. The lowest BCUT2D eigenvalue weighted by Crippen LogP contribution is -2.52. The molecule has 1 aliphatic rings. The van der Waals surface area contributed by atoms with Crippen LogP contribution in [0, 0.1) is 6.92 Å². The van der Waals surface area contributed by atoms with Crippen LogP contribution >= 0.6 is 23.1 Å². The van der Waals surface area contributed by atoms with Crippen LogP contribution in [0.25, 0.3) is 0 Å². The van der Waals surface area contributed by atoms with E-state index in [2.05, 4.69) is 32.2 Å². The Labute approximate surface area is 169 Å². The van der Waals surface area contributed by atoms with Crippen LogP contribution in [0.3, 0.4) is 0 Å². The second-order valence-corrected chi connectivity index (χ2v) is 8.66. The summed E-state index contributed by atoms with van der Waals surface area (Å²) in [5.41, 5.74) is 1.01. The molecule has 27 heavy (non-hydrogen) atoms. The first kappa shape index (κ1) is 20.2. The fourth-order valence-corrected chi connectivity index (χ4v) is 4.59. The van der Waals surface area contributed by atoms with Crippen LogP contribution in [-0.4, -0.2) is 70.9 Å². The highest BCUT2D eigenvalue weighted by Crippen LogP contribution is 2.20. The van der Waals surface area contributed by atoms with Crippen molar-refractivity contribution in [2.45, 2.75) is 31.2 Å². The normalized spacial score (nSPS) is 16.1. The van der Waals surface area contributed by atoms with E-state index in [1.165, 1.54) is 0 Å². The minimum atomic E-state index is 0.846. The Balaban J connectivity index is 1.41. The number of rotatable bonds is 8. The molecule has 2 aromatic heterocycles. The molecule has 1 N–H and O–H groups in total. The molecule has 0 atom stereocenters. The van der Waals surface area contributed by atoms with Crippen molar-refractivity contribution < 1.29 is 4.52 Å². The first-order valence-corrected chi connectivity index (χ1v) is 11.3. The number of hydrogen-bond donors (Lipinski definition) is 1. The third-order valence-corrected chi connectivity index (χ3v) is 6.32. The second-order valence-electron chi connectivity index (χ2n) is 6.43. The van der Waals surface area contributed by atoms with Gasteiger partial charge in [0, 0.05) is 69.2 Å². The van der Waals surface area contributed by atoms with Gasteiger partial charge in [0.15, 0.2) is 5.96 Å². The van der Waals surface area contributed by atoms with Crippen molar-refractivity contribution in [1.29, 1.82) is 0 Å². The topological polar surface area (TPSA) is 69.8 Å². The van der Waals surface area contributed by atoms with Gasteiger partial charge in [-0.05, 0) is 20.3 Å². The highest BCUT2D eigenvalue weighted by atomic mass is 32.2. The van der Waals surface area contributed by atoms with Gasteiger partial charge in [-0.3, -0.25) is 9.89 Å². The summed E-state index contributed by atoms with van der Waals surface area (Å²) in [6.45, 7) is 10.6. The predicted molar refractivity (Wildman–Crippen MR) is 112 cm³/mol. The van der Waals surface area contributed by atoms with Crippen LogP contribution in [-0.2, 0) is 6.54 Å². The first-order chi connectivity index (χ1) is 13.2. The molecule has 3 heterocycles. The molecule has 0 saturated carbocycles. The molecule has 0 bridgehead atoms. The highest BCUT2D eigenvalue weighted by molar-refractivity contribution is 8.00. The van der Waals surface area contributed by atoms with E-state index in [4.69, 9.17) is 9.52 Å². The van der Waals surface area contributed by atoms with Crippen LogP contribution in [0.2, 0.25) is 0 Å². The van der Waals surface area contributed by atoms with Gasteiger partial charge in [0.05, 0.1) is 5.69 Å². The molecule has 7 nitrogen and oxygen atoms in total. The summed E-state index contributed by atoms with van der Waals surface area (Å²) in [6, 6.07) is 2.02. The molecule has 0 unspecified atom stereocenters. The smallest absolute Gasteiger partial charge is 0.194 e. The Bertz CT molecular complexity index is 695. The van der Waals surface area contributed by atoms with Gasteiger partial charge < -0.3 is 14.7 Å². The Morgan fingerprint density at radius 3 is 2.89 bits per heavy atom. The van der Waals surface area contributed by atoms with Crippen molar-refractivity contribution >= 4 is 29.1 Å². The van der Waals surface area contributed by atoms with E-state index in [9.17, 15) is 0 Å². The van der Waals surface area contributed by atoms with Crippen LogP contribution in [0.15, 0.2) is 31.5 Å². The Morgan fingerprint density at radius 2 is 2.22 bits per heavy atom. The van der Waals surface area contributed by atoms with Crippen molar-refractivity contribution in [3.05, 3.63) is 29.1 Å². The molecule has 1 saturated heterocycles. The molecule has 0 aromatic carbocycles. The number of nitrogens with zero attached hydrogens (tertiary/aromatic N) is 5. The minimum Gasteiger partial charge on any atom is -0.361 e. The molecule has 0 radical (unpaired) electrons. The van der Waals surface area contributed by atoms with Gasteiger partial charge in [-0.2, -0.15) is 0 Å². The van der Waals surface area contributed by atoms with E-state index in [0.717, 1.165) is 79.7 Å². The summed E-state index contributed by atoms with van der Waals surface area (Å²) in [6.07, 6.45) is 2.92. The lowest BCUT2D eigenvalue weighted by atomic mass is 10.3. The van der Waals surface area contributed by atoms with Crippen LogP contribution < -0.4 is 5.32 Å². The summed E-state index contributed by atoms with van der Waals surface area (Å²) in [5.74, 6) is 2.97. The van der Waals surface area contributed by atoms with E-state index in [1.807, 2.05) is 36.3 Å². The van der Waals surface area contributed by atoms with Gasteiger partial charge in [-0.25, -0.2) is 4.98 Å². The third-order valence-electron chi connectivity index (χ3n) is 4.27. The van der Waals surface area contributed by atoms with Gasteiger partial charge in [0.1, 0.15) is 10.1 Å². The SMILES string of the molecule is CCNC(=NCCCSc1nccs1)N1CCN(Cc2cc(C)on2)CC1. The number of hydrogen-bond acceptors (Lipinski definition) is 7. The average molecular weight is 409 g/mol. The van der Waals surface area contributed by atoms with E-state index in [1.54, 1.807) is 11.3 Å². The maximum absolute atomic E-state index is 5.16. The fraction of sp³-hybridized carbons (Fsp3) is 0.611. The molecule has 0 spiro atoms. The van der Waals surface area contributed by atoms with Crippen molar-refractivity contribution in [1.82, 2.24) is 25.3 Å². The molecule has 1 aliphatic heterocycles. The second kappa shape index (κ2) is 10.7. The van der Waals surface area contributed by atoms with Gasteiger partial charge in [-0.1, -0.05) is 16.9 Å². The number of aryl methyl sites for hydroxylation is 1. The maximum Gasteiger partial charge on any atom is 0.194 e. The highest BCUT2D eigenvalue weighted by Gasteiger charge is 2.20. The zero-order valence-electron chi connectivity index (χ0n) is 16.1. The lowest BCUT2D eigenvalue weighted by Gasteiger charge is -2.36. The molecule has 0 amide bonds. The number of aromatic nitrogens is 2. The lowest BCUT2D eigenvalue weighted by molar-refractivity contribution is 0.169. The summed E-state index contributed by atoms with van der Waals surface area (Å²) in [5, 5.41) is 9.56. The average Bonchev–Trinajstić information content (AvgIpc) is 3.33. The van der Waals surface area contributed by atoms with Crippen molar-refractivity contribution in [2.24, 2.45) is 4.99 Å². The number of thiazole rings is 1. The number of piperazine rings is 1. The van der Waals surface area contributed by atoms with Crippen LogP contribution in [0.4, 0.5) is 0 Å². The van der Waals surface area contributed by atoms with Gasteiger partial charge >= 0.3 is 0 Å². The van der Waals surface area contributed by atoms with E-state index >= 15 is 0 Å². The third kappa shape index (κ3) is 6.51. The zero-order chi connectivity index (χ0) is 18.9. The quantitative estimate of drug-likeness (QED) is 0.312. The molecular formula is C18H28N6OS2. The Kier molecular flexibility index (Phi) is 7.97. The number of nitrogens with one attached hydrogen (secondary N) is 1. The van der Waals surface area contributed by atoms with Gasteiger partial charge in [0.25, 0.3) is 0 Å². The zero-order valence-corrected chi connectivity index (χ0v) is 17.7. The molecule has 1 fully saturated rings. The molecular weight excluding hydrogens is 380 g/mol.